The minimum Gasteiger partial charge on any atom is -0.379 e. The Kier molecular flexibility index (Phi) is 7.53. The van der Waals surface area contributed by atoms with Gasteiger partial charge in [0.15, 0.2) is 5.96 Å². The number of hydrogen-bond donors (Lipinski definition) is 1. The highest BCUT2D eigenvalue weighted by Crippen LogP contribution is 2.18. The average molecular weight is 429 g/mol. The Bertz CT molecular complexity index is 846. The van der Waals surface area contributed by atoms with Gasteiger partial charge in [-0.2, -0.15) is 5.10 Å². The Morgan fingerprint density at radius 2 is 2.00 bits per heavy atom. The summed E-state index contributed by atoms with van der Waals surface area (Å²) in [7, 11) is 0. The van der Waals surface area contributed by atoms with Crippen molar-refractivity contribution in [3.05, 3.63) is 48.0 Å². The van der Waals surface area contributed by atoms with Gasteiger partial charge in [-0.25, -0.2) is 9.07 Å². The molecule has 2 aromatic rings. The molecule has 0 amide bonds. The van der Waals surface area contributed by atoms with Gasteiger partial charge in [0, 0.05) is 58.4 Å². The highest BCUT2D eigenvalue weighted by atomic mass is 19.1. The summed E-state index contributed by atoms with van der Waals surface area (Å²) in [5.74, 6) is 1.45. The van der Waals surface area contributed by atoms with Gasteiger partial charge in [-0.15, -0.1) is 0 Å². The van der Waals surface area contributed by atoms with Crippen molar-refractivity contribution in [1.82, 2.24) is 24.9 Å². The van der Waals surface area contributed by atoms with Gasteiger partial charge in [-0.05, 0) is 49.6 Å². The van der Waals surface area contributed by atoms with E-state index in [0.717, 1.165) is 76.2 Å². The first kappa shape index (κ1) is 21.8. The lowest BCUT2D eigenvalue weighted by atomic mass is 10.1. The van der Waals surface area contributed by atoms with Crippen molar-refractivity contribution in [3.63, 3.8) is 0 Å². The molecule has 0 aliphatic carbocycles. The Balaban J connectivity index is 1.29. The van der Waals surface area contributed by atoms with Gasteiger partial charge in [0.25, 0.3) is 0 Å². The molecule has 0 radical (unpaired) electrons. The topological polar surface area (TPSA) is 57.9 Å². The molecule has 2 aliphatic rings. The summed E-state index contributed by atoms with van der Waals surface area (Å²) < 4.78 is 20.4. The van der Waals surface area contributed by atoms with E-state index in [1.807, 2.05) is 12.3 Å². The molecule has 4 rings (SSSR count). The van der Waals surface area contributed by atoms with E-state index >= 15 is 0 Å². The molecule has 168 valence electrons. The predicted octanol–water partition coefficient (Wildman–Crippen LogP) is 2.17. The monoisotopic (exact) mass is 428 g/mol. The van der Waals surface area contributed by atoms with Crippen LogP contribution in [0.5, 0.6) is 0 Å². The van der Waals surface area contributed by atoms with Crippen LogP contribution >= 0.6 is 0 Å². The van der Waals surface area contributed by atoms with Crippen molar-refractivity contribution in [3.8, 4) is 5.69 Å². The van der Waals surface area contributed by atoms with Crippen LogP contribution in [-0.2, 0) is 11.2 Å². The molecule has 1 aromatic carbocycles. The normalized spacial score (nSPS) is 20.4. The van der Waals surface area contributed by atoms with Crippen molar-refractivity contribution in [2.75, 3.05) is 59.0 Å². The summed E-state index contributed by atoms with van der Waals surface area (Å²) in [6, 6.07) is 8.36. The number of aromatic nitrogens is 2. The van der Waals surface area contributed by atoms with Crippen LogP contribution in [0, 0.1) is 11.7 Å². The lowest BCUT2D eigenvalue weighted by Crippen LogP contribution is -2.42. The maximum absolute atomic E-state index is 13.1. The minimum atomic E-state index is -0.240. The number of likely N-dealkylation sites (tertiary alicyclic amines) is 1. The van der Waals surface area contributed by atoms with E-state index in [4.69, 9.17) is 9.73 Å². The average Bonchev–Trinajstić information content (AvgIpc) is 3.44. The van der Waals surface area contributed by atoms with E-state index in [2.05, 4.69) is 27.1 Å². The van der Waals surface area contributed by atoms with Gasteiger partial charge in [0.2, 0.25) is 0 Å². The molecule has 31 heavy (non-hydrogen) atoms. The third-order valence-corrected chi connectivity index (χ3v) is 5.91. The van der Waals surface area contributed by atoms with Crippen LogP contribution in [0.15, 0.2) is 41.5 Å². The number of morpholine rings is 1. The van der Waals surface area contributed by atoms with Crippen molar-refractivity contribution < 1.29 is 9.13 Å². The molecule has 0 bridgehead atoms. The summed E-state index contributed by atoms with van der Waals surface area (Å²) in [4.78, 5) is 9.79. The summed E-state index contributed by atoms with van der Waals surface area (Å²) in [6.07, 6.45) is 3.90. The molecule has 2 aliphatic heterocycles. The van der Waals surface area contributed by atoms with E-state index in [-0.39, 0.29) is 5.82 Å². The number of aliphatic imine (C=N–C) groups is 1. The fraction of sp³-hybridized carbons (Fsp3) is 0.565. The van der Waals surface area contributed by atoms with Gasteiger partial charge in [-0.3, -0.25) is 9.89 Å². The molecule has 1 N–H and O–H groups in total. The molecule has 8 heteroatoms. The van der Waals surface area contributed by atoms with Gasteiger partial charge < -0.3 is 15.0 Å². The summed E-state index contributed by atoms with van der Waals surface area (Å²) in [5.41, 5.74) is 1.84. The number of benzene rings is 1. The number of halogens is 1. The smallest absolute Gasteiger partial charge is 0.193 e. The van der Waals surface area contributed by atoms with Crippen molar-refractivity contribution in [2.24, 2.45) is 10.9 Å². The zero-order valence-corrected chi connectivity index (χ0v) is 18.3. The Morgan fingerprint density at radius 3 is 2.77 bits per heavy atom. The van der Waals surface area contributed by atoms with Crippen LogP contribution in [0.2, 0.25) is 0 Å². The third-order valence-electron chi connectivity index (χ3n) is 5.91. The van der Waals surface area contributed by atoms with E-state index in [1.165, 1.54) is 18.6 Å². The van der Waals surface area contributed by atoms with E-state index in [9.17, 15) is 4.39 Å². The molecular weight excluding hydrogens is 395 g/mol. The maximum atomic E-state index is 13.1. The lowest BCUT2D eigenvalue weighted by molar-refractivity contribution is 0.0315. The minimum absolute atomic E-state index is 0.240. The Hall–Kier alpha value is -2.45. The standard InChI is InChI=1S/C23H33FN6O/c1-2-25-23(29-11-8-19(18-29)17-28-13-15-31-16-14-28)26-10-7-21-9-12-30(27-21)22-5-3-20(24)4-6-22/h3-6,9,12,19H,2,7-8,10-11,13-18H2,1H3,(H,25,26). The molecular formula is C23H33FN6O. The molecule has 2 fully saturated rings. The Morgan fingerprint density at radius 1 is 1.19 bits per heavy atom. The lowest BCUT2D eigenvalue weighted by Gasteiger charge is -2.29. The van der Waals surface area contributed by atoms with Crippen LogP contribution in [-0.4, -0.2) is 84.6 Å². The molecule has 1 aromatic heterocycles. The van der Waals surface area contributed by atoms with Crippen LogP contribution in [0.4, 0.5) is 4.39 Å². The van der Waals surface area contributed by atoms with Gasteiger partial charge in [0.1, 0.15) is 5.82 Å². The van der Waals surface area contributed by atoms with Crippen molar-refractivity contribution >= 4 is 5.96 Å². The highest BCUT2D eigenvalue weighted by Gasteiger charge is 2.27. The van der Waals surface area contributed by atoms with E-state index in [1.54, 1.807) is 16.8 Å². The second-order valence-corrected chi connectivity index (χ2v) is 8.23. The molecule has 2 saturated heterocycles. The summed E-state index contributed by atoms with van der Waals surface area (Å²) >= 11 is 0. The fourth-order valence-electron chi connectivity index (χ4n) is 4.26. The maximum Gasteiger partial charge on any atom is 0.193 e. The molecule has 1 unspecified atom stereocenters. The second-order valence-electron chi connectivity index (χ2n) is 8.23. The zero-order chi connectivity index (χ0) is 21.5. The molecule has 1 atom stereocenters. The van der Waals surface area contributed by atoms with Crippen LogP contribution < -0.4 is 5.32 Å². The summed E-state index contributed by atoms with van der Waals surface area (Å²) in [5, 5.41) is 8.06. The van der Waals surface area contributed by atoms with Gasteiger partial charge >= 0.3 is 0 Å². The number of nitrogens with zero attached hydrogens (tertiary/aromatic N) is 5. The number of rotatable bonds is 7. The summed E-state index contributed by atoms with van der Waals surface area (Å²) in [6.45, 7) is 10.7. The van der Waals surface area contributed by atoms with Crippen LogP contribution in [0.25, 0.3) is 5.69 Å². The quantitative estimate of drug-likeness (QED) is 0.541. The SMILES string of the molecule is CCNC(=NCCc1ccn(-c2ccc(F)cc2)n1)N1CCC(CN2CCOCC2)C1. The fourth-order valence-corrected chi connectivity index (χ4v) is 4.26. The first-order valence-electron chi connectivity index (χ1n) is 11.3. The Labute approximate surface area is 183 Å². The second kappa shape index (κ2) is 10.7. The van der Waals surface area contributed by atoms with Crippen molar-refractivity contribution in [2.45, 2.75) is 19.8 Å². The number of nitrogens with one attached hydrogen (secondary N) is 1. The number of hydrogen-bond acceptors (Lipinski definition) is 4. The third kappa shape index (κ3) is 6.04. The van der Waals surface area contributed by atoms with Crippen LogP contribution in [0.1, 0.15) is 19.0 Å². The molecule has 0 spiro atoms. The molecule has 3 heterocycles. The number of guanidine groups is 1. The largest absolute Gasteiger partial charge is 0.379 e. The zero-order valence-electron chi connectivity index (χ0n) is 18.3. The van der Waals surface area contributed by atoms with Gasteiger partial charge in [-0.1, -0.05) is 0 Å². The highest BCUT2D eigenvalue weighted by molar-refractivity contribution is 5.80. The first-order valence-corrected chi connectivity index (χ1v) is 11.3. The number of ether oxygens (including phenoxy) is 1. The first-order chi connectivity index (χ1) is 15.2. The van der Waals surface area contributed by atoms with Crippen molar-refractivity contribution in [1.29, 1.82) is 0 Å². The van der Waals surface area contributed by atoms with E-state index < -0.39 is 0 Å². The van der Waals surface area contributed by atoms with Gasteiger partial charge in [0.05, 0.1) is 24.6 Å². The van der Waals surface area contributed by atoms with E-state index in [0.29, 0.717) is 12.5 Å². The molecule has 7 nitrogen and oxygen atoms in total. The van der Waals surface area contributed by atoms with Crippen LogP contribution in [0.3, 0.4) is 0 Å². The molecule has 0 saturated carbocycles. The predicted molar refractivity (Wildman–Crippen MR) is 120 cm³/mol.